The lowest BCUT2D eigenvalue weighted by molar-refractivity contribution is -0.118. The standard InChI is InChI=1S/C18H21ClN4O2/c1-13-11-17(22-18(20-13)23-9-3-2-4-10-23)25-12-16(24)21-15-7-5-14(19)6-8-15/h5-8,11H,2-4,9-10,12H2,1H3,(H,21,24). The molecule has 25 heavy (non-hydrogen) atoms. The zero-order valence-corrected chi connectivity index (χ0v) is 14.9. The highest BCUT2D eigenvalue weighted by Gasteiger charge is 2.15. The number of carbonyl (C=O) groups excluding carboxylic acids is 1. The monoisotopic (exact) mass is 360 g/mol. The largest absolute Gasteiger partial charge is 0.467 e. The number of aromatic nitrogens is 2. The van der Waals surface area contributed by atoms with Gasteiger partial charge in [-0.25, -0.2) is 4.98 Å². The first-order chi connectivity index (χ1) is 12.1. The second kappa shape index (κ2) is 8.16. The van der Waals surface area contributed by atoms with Gasteiger partial charge in [-0.05, 0) is 50.5 Å². The van der Waals surface area contributed by atoms with Crippen LogP contribution >= 0.6 is 11.6 Å². The summed E-state index contributed by atoms with van der Waals surface area (Å²) in [6.07, 6.45) is 3.55. The van der Waals surface area contributed by atoms with Crippen molar-refractivity contribution in [1.29, 1.82) is 0 Å². The molecule has 2 aromatic rings. The van der Waals surface area contributed by atoms with Crippen molar-refractivity contribution in [1.82, 2.24) is 9.97 Å². The van der Waals surface area contributed by atoms with Crippen molar-refractivity contribution >= 4 is 29.1 Å². The molecule has 1 aliphatic rings. The summed E-state index contributed by atoms with van der Waals surface area (Å²) in [6, 6.07) is 8.66. The highest BCUT2D eigenvalue weighted by Crippen LogP contribution is 2.19. The Bertz CT molecular complexity index is 730. The molecular formula is C18H21ClN4O2. The minimum absolute atomic E-state index is 0.113. The molecule has 1 saturated heterocycles. The van der Waals surface area contributed by atoms with Crippen molar-refractivity contribution in [3.05, 3.63) is 41.0 Å². The highest BCUT2D eigenvalue weighted by atomic mass is 35.5. The van der Waals surface area contributed by atoms with Crippen LogP contribution in [-0.2, 0) is 4.79 Å². The Labute approximate surface area is 152 Å². The van der Waals surface area contributed by atoms with Crippen molar-refractivity contribution in [2.75, 3.05) is 29.9 Å². The van der Waals surface area contributed by atoms with Gasteiger partial charge in [0, 0.05) is 35.6 Å². The minimum atomic E-state index is -0.252. The summed E-state index contributed by atoms with van der Waals surface area (Å²) in [5, 5.41) is 3.38. The number of aryl methyl sites for hydroxylation is 1. The predicted molar refractivity (Wildman–Crippen MR) is 98.4 cm³/mol. The zero-order valence-electron chi connectivity index (χ0n) is 14.2. The summed E-state index contributed by atoms with van der Waals surface area (Å²) in [6.45, 7) is 3.70. The van der Waals surface area contributed by atoms with E-state index in [-0.39, 0.29) is 12.5 Å². The van der Waals surface area contributed by atoms with Gasteiger partial charge in [-0.1, -0.05) is 11.6 Å². The van der Waals surface area contributed by atoms with Crippen molar-refractivity contribution in [3.63, 3.8) is 0 Å². The van der Waals surface area contributed by atoms with Gasteiger partial charge in [-0.3, -0.25) is 4.79 Å². The molecule has 7 heteroatoms. The van der Waals surface area contributed by atoms with Gasteiger partial charge in [-0.15, -0.1) is 0 Å². The molecule has 1 N–H and O–H groups in total. The number of ether oxygens (including phenoxy) is 1. The number of nitrogens with zero attached hydrogens (tertiary/aromatic N) is 3. The number of piperidine rings is 1. The summed E-state index contributed by atoms with van der Waals surface area (Å²) in [4.78, 5) is 23.1. The van der Waals surface area contributed by atoms with Crippen molar-refractivity contribution in [3.8, 4) is 5.88 Å². The van der Waals surface area contributed by atoms with Gasteiger partial charge in [0.05, 0.1) is 0 Å². The normalized spacial score (nSPS) is 14.2. The van der Waals surface area contributed by atoms with Gasteiger partial charge < -0.3 is 15.0 Å². The SMILES string of the molecule is Cc1cc(OCC(=O)Nc2ccc(Cl)cc2)nc(N2CCCCC2)n1. The van der Waals surface area contributed by atoms with Crippen molar-refractivity contribution in [2.24, 2.45) is 0 Å². The van der Waals surface area contributed by atoms with E-state index in [4.69, 9.17) is 16.3 Å². The Morgan fingerprint density at radius 3 is 2.64 bits per heavy atom. The Hall–Kier alpha value is -2.34. The van der Waals surface area contributed by atoms with Gasteiger partial charge >= 0.3 is 0 Å². The van der Waals surface area contributed by atoms with E-state index in [1.807, 2.05) is 6.92 Å². The van der Waals surface area contributed by atoms with Gasteiger partial charge in [0.15, 0.2) is 6.61 Å². The van der Waals surface area contributed by atoms with E-state index in [9.17, 15) is 4.79 Å². The number of hydrogen-bond donors (Lipinski definition) is 1. The lowest BCUT2D eigenvalue weighted by Gasteiger charge is -2.26. The van der Waals surface area contributed by atoms with Crippen LogP contribution < -0.4 is 15.0 Å². The molecule has 0 radical (unpaired) electrons. The van der Waals surface area contributed by atoms with Gasteiger partial charge in [0.25, 0.3) is 5.91 Å². The number of hydrogen-bond acceptors (Lipinski definition) is 5. The van der Waals surface area contributed by atoms with Crippen LogP contribution in [0.5, 0.6) is 5.88 Å². The highest BCUT2D eigenvalue weighted by molar-refractivity contribution is 6.30. The Kier molecular flexibility index (Phi) is 5.71. The molecule has 1 aromatic heterocycles. The molecule has 132 valence electrons. The van der Waals surface area contributed by atoms with Crippen LogP contribution in [-0.4, -0.2) is 35.6 Å². The molecule has 0 saturated carbocycles. The molecule has 0 spiro atoms. The molecule has 0 atom stereocenters. The zero-order chi connectivity index (χ0) is 17.6. The van der Waals surface area contributed by atoms with E-state index >= 15 is 0 Å². The third kappa shape index (κ3) is 5.06. The first-order valence-corrected chi connectivity index (χ1v) is 8.77. The van der Waals surface area contributed by atoms with Crippen LogP contribution in [0.2, 0.25) is 5.02 Å². The molecular weight excluding hydrogens is 340 g/mol. The summed E-state index contributed by atoms with van der Waals surface area (Å²) in [5.41, 5.74) is 1.49. The van der Waals surface area contributed by atoms with E-state index in [1.54, 1.807) is 30.3 Å². The summed E-state index contributed by atoms with van der Waals surface area (Å²) >= 11 is 5.83. The average molecular weight is 361 g/mol. The Morgan fingerprint density at radius 2 is 1.92 bits per heavy atom. The number of benzene rings is 1. The number of nitrogens with one attached hydrogen (secondary N) is 1. The predicted octanol–water partition coefficient (Wildman–Crippen LogP) is 3.45. The van der Waals surface area contributed by atoms with Crippen molar-refractivity contribution in [2.45, 2.75) is 26.2 Å². The molecule has 1 aliphatic heterocycles. The van der Waals surface area contributed by atoms with Gasteiger partial charge in [0.2, 0.25) is 11.8 Å². The third-order valence-electron chi connectivity index (χ3n) is 3.94. The summed E-state index contributed by atoms with van der Waals surface area (Å²) in [7, 11) is 0. The molecule has 6 nitrogen and oxygen atoms in total. The maximum atomic E-state index is 12.0. The molecule has 1 fully saturated rings. The molecule has 1 amide bonds. The van der Waals surface area contributed by atoms with Crippen LogP contribution in [0.1, 0.15) is 25.0 Å². The molecule has 0 bridgehead atoms. The maximum absolute atomic E-state index is 12.0. The van der Waals surface area contributed by atoms with E-state index in [1.165, 1.54) is 6.42 Å². The molecule has 3 rings (SSSR count). The fourth-order valence-corrected chi connectivity index (χ4v) is 2.83. The molecule has 1 aromatic carbocycles. The summed E-state index contributed by atoms with van der Waals surface area (Å²) < 4.78 is 5.56. The van der Waals surface area contributed by atoms with Crippen molar-refractivity contribution < 1.29 is 9.53 Å². The quantitative estimate of drug-likeness (QED) is 0.884. The summed E-state index contributed by atoms with van der Waals surface area (Å²) in [5.74, 6) is 0.838. The van der Waals surface area contributed by atoms with E-state index < -0.39 is 0 Å². The Morgan fingerprint density at radius 1 is 1.20 bits per heavy atom. The van der Waals surface area contributed by atoms with Gasteiger partial charge in [0.1, 0.15) is 0 Å². The first kappa shape index (κ1) is 17.5. The topological polar surface area (TPSA) is 67.3 Å². The van der Waals surface area contributed by atoms with E-state index in [2.05, 4.69) is 20.2 Å². The number of anilines is 2. The molecule has 0 aliphatic carbocycles. The van der Waals surface area contributed by atoms with Crippen LogP contribution in [0, 0.1) is 6.92 Å². The average Bonchev–Trinajstić information content (AvgIpc) is 2.62. The van der Waals surface area contributed by atoms with E-state index in [0.717, 1.165) is 31.6 Å². The lowest BCUT2D eigenvalue weighted by atomic mass is 10.1. The van der Waals surface area contributed by atoms with Crippen LogP contribution in [0.4, 0.5) is 11.6 Å². The second-order valence-corrected chi connectivity index (χ2v) is 6.48. The molecule has 2 heterocycles. The maximum Gasteiger partial charge on any atom is 0.262 e. The van der Waals surface area contributed by atoms with Crippen LogP contribution in [0.3, 0.4) is 0 Å². The third-order valence-corrected chi connectivity index (χ3v) is 4.19. The number of carbonyl (C=O) groups is 1. The second-order valence-electron chi connectivity index (χ2n) is 6.04. The molecule has 0 unspecified atom stereocenters. The number of halogens is 1. The number of amides is 1. The number of rotatable bonds is 5. The lowest BCUT2D eigenvalue weighted by Crippen LogP contribution is -2.31. The fraction of sp³-hybridized carbons (Fsp3) is 0.389. The van der Waals surface area contributed by atoms with Crippen LogP contribution in [0.15, 0.2) is 30.3 Å². The first-order valence-electron chi connectivity index (χ1n) is 8.39. The van der Waals surface area contributed by atoms with Gasteiger partial charge in [-0.2, -0.15) is 4.98 Å². The smallest absolute Gasteiger partial charge is 0.262 e. The fourth-order valence-electron chi connectivity index (χ4n) is 2.70. The minimum Gasteiger partial charge on any atom is -0.467 e. The van der Waals surface area contributed by atoms with Crippen LogP contribution in [0.25, 0.3) is 0 Å². The van der Waals surface area contributed by atoms with E-state index in [0.29, 0.717) is 22.5 Å². The Balaban J connectivity index is 1.59.